The van der Waals surface area contributed by atoms with Crippen LogP contribution in [0.2, 0.25) is 0 Å². The number of nitrogens with zero attached hydrogens (tertiary/aromatic N) is 5. The Morgan fingerprint density at radius 2 is 2.14 bits per heavy atom. The molecule has 4 heterocycles. The van der Waals surface area contributed by atoms with Gasteiger partial charge in [0.05, 0.1) is 11.6 Å². The van der Waals surface area contributed by atoms with Crippen LogP contribution in [0.5, 0.6) is 11.5 Å². The van der Waals surface area contributed by atoms with Crippen molar-refractivity contribution in [2.75, 3.05) is 19.9 Å². The van der Waals surface area contributed by atoms with Gasteiger partial charge in [-0.25, -0.2) is 0 Å². The number of pyridine rings is 1. The first-order valence-electron chi connectivity index (χ1n) is 9.55. The third-order valence-corrected chi connectivity index (χ3v) is 5.30. The first-order valence-corrected chi connectivity index (χ1v) is 9.55. The summed E-state index contributed by atoms with van der Waals surface area (Å²) in [5, 5.41) is 13.1. The number of tetrazole rings is 1. The molecule has 0 unspecified atom stereocenters. The Kier molecular flexibility index (Phi) is 4.23. The number of aromatic nitrogens is 4. The molecule has 0 radical (unpaired) electrons. The molecule has 1 atom stereocenters. The molecule has 9 heteroatoms. The third-order valence-electron chi connectivity index (χ3n) is 5.30. The van der Waals surface area contributed by atoms with Crippen LogP contribution in [0.4, 0.5) is 0 Å². The largest absolute Gasteiger partial charge is 0.454 e. The van der Waals surface area contributed by atoms with E-state index >= 15 is 0 Å². The van der Waals surface area contributed by atoms with E-state index in [1.165, 1.54) is 0 Å². The second-order valence-corrected chi connectivity index (χ2v) is 7.11. The van der Waals surface area contributed by atoms with E-state index in [2.05, 4.69) is 15.5 Å². The van der Waals surface area contributed by atoms with Crippen LogP contribution in [0, 0.1) is 0 Å². The minimum atomic E-state index is 0.0897. The minimum absolute atomic E-state index is 0.0897. The first-order chi connectivity index (χ1) is 13.7. The summed E-state index contributed by atoms with van der Waals surface area (Å²) in [7, 11) is 0. The van der Waals surface area contributed by atoms with Crippen molar-refractivity contribution >= 4 is 22.5 Å². The summed E-state index contributed by atoms with van der Waals surface area (Å²) in [6.45, 7) is 3.86. The lowest BCUT2D eigenvalue weighted by atomic mass is 10.1. The molecule has 0 bridgehead atoms. The molecule has 9 nitrogen and oxygen atoms in total. The Labute approximate surface area is 161 Å². The van der Waals surface area contributed by atoms with Gasteiger partial charge in [-0.3, -0.25) is 4.79 Å². The Morgan fingerprint density at radius 1 is 1.29 bits per heavy atom. The van der Waals surface area contributed by atoms with Crippen molar-refractivity contribution in [3.63, 3.8) is 0 Å². The minimum Gasteiger partial charge on any atom is -0.454 e. The number of rotatable bonds is 5. The number of hydrogen-bond donors (Lipinski definition) is 0. The maximum Gasteiger partial charge on any atom is 0.231 e. The van der Waals surface area contributed by atoms with Gasteiger partial charge in [0.1, 0.15) is 0 Å². The summed E-state index contributed by atoms with van der Waals surface area (Å²) in [4.78, 5) is 14.4. The molecule has 0 saturated carbocycles. The van der Waals surface area contributed by atoms with E-state index in [0.29, 0.717) is 36.7 Å². The summed E-state index contributed by atoms with van der Waals surface area (Å²) in [5.74, 6) is 1.47. The lowest BCUT2D eigenvalue weighted by Gasteiger charge is -2.25. The Morgan fingerprint density at radius 3 is 2.93 bits per heavy atom. The number of fused-ring (bicyclic) bond motifs is 4. The number of hydrogen-bond acceptors (Lipinski definition) is 7. The molecular weight excluding hydrogens is 362 g/mol. The second kappa shape index (κ2) is 6.90. The smallest absolute Gasteiger partial charge is 0.231 e. The van der Waals surface area contributed by atoms with E-state index in [0.717, 1.165) is 35.9 Å². The zero-order chi connectivity index (χ0) is 19.1. The molecule has 3 aromatic rings. The maximum absolute atomic E-state index is 12.6. The summed E-state index contributed by atoms with van der Waals surface area (Å²) in [6.07, 6.45) is 2.56. The Hall–Kier alpha value is -2.94. The predicted octanol–water partition coefficient (Wildman–Crippen LogP) is 1.92. The average Bonchev–Trinajstić information content (AvgIpc) is 3.45. The molecule has 2 aromatic heterocycles. The number of benzene rings is 1. The number of amides is 1. The highest BCUT2D eigenvalue weighted by molar-refractivity contribution is 5.87. The van der Waals surface area contributed by atoms with Crippen molar-refractivity contribution in [1.82, 2.24) is 24.9 Å². The van der Waals surface area contributed by atoms with E-state index in [9.17, 15) is 4.79 Å². The van der Waals surface area contributed by atoms with Gasteiger partial charge in [-0.2, -0.15) is 4.52 Å². The highest BCUT2D eigenvalue weighted by Crippen LogP contribution is 2.36. The predicted molar refractivity (Wildman–Crippen MR) is 99.1 cm³/mol. The van der Waals surface area contributed by atoms with Crippen molar-refractivity contribution in [2.45, 2.75) is 38.8 Å². The molecule has 1 amide bonds. The normalized spacial score (nSPS) is 18.2. The van der Waals surface area contributed by atoms with Gasteiger partial charge in [0, 0.05) is 43.1 Å². The van der Waals surface area contributed by atoms with Gasteiger partial charge in [-0.15, -0.1) is 5.10 Å². The van der Waals surface area contributed by atoms with Crippen LogP contribution < -0.4 is 9.47 Å². The summed E-state index contributed by atoms with van der Waals surface area (Å²) >= 11 is 0. The monoisotopic (exact) mass is 383 g/mol. The molecule has 1 aromatic carbocycles. The third kappa shape index (κ3) is 2.91. The molecule has 1 fully saturated rings. The first kappa shape index (κ1) is 17.2. The van der Waals surface area contributed by atoms with Gasteiger partial charge in [-0.1, -0.05) is 6.92 Å². The van der Waals surface area contributed by atoms with Gasteiger partial charge in [0.2, 0.25) is 12.7 Å². The molecule has 2 aliphatic rings. The number of carbonyl (C=O) groups is 1. The molecular formula is C19H21N5O4. The molecule has 5 rings (SSSR count). The van der Waals surface area contributed by atoms with E-state index in [-0.39, 0.29) is 18.8 Å². The highest BCUT2D eigenvalue weighted by Gasteiger charge is 2.24. The topological polar surface area (TPSA) is 91.1 Å². The second-order valence-electron chi connectivity index (χ2n) is 7.11. The van der Waals surface area contributed by atoms with Crippen molar-refractivity contribution in [1.29, 1.82) is 0 Å². The molecule has 0 N–H and O–H groups in total. The van der Waals surface area contributed by atoms with E-state index in [1.807, 2.05) is 30.0 Å². The van der Waals surface area contributed by atoms with Gasteiger partial charge in [0.15, 0.2) is 17.1 Å². The average molecular weight is 383 g/mol. The van der Waals surface area contributed by atoms with E-state index in [4.69, 9.17) is 14.2 Å². The zero-order valence-electron chi connectivity index (χ0n) is 15.6. The van der Waals surface area contributed by atoms with Crippen LogP contribution in [-0.4, -0.2) is 56.9 Å². The number of carbonyl (C=O) groups excluding carboxylic acids is 1. The fourth-order valence-corrected chi connectivity index (χ4v) is 3.88. The lowest BCUT2D eigenvalue weighted by molar-refractivity contribution is -0.133. The quantitative estimate of drug-likeness (QED) is 0.665. The van der Waals surface area contributed by atoms with Gasteiger partial charge < -0.3 is 19.1 Å². The molecule has 28 heavy (non-hydrogen) atoms. The molecule has 1 saturated heterocycles. The Balaban J connectivity index is 1.55. The molecule has 0 spiro atoms. The van der Waals surface area contributed by atoms with Gasteiger partial charge >= 0.3 is 0 Å². The molecule has 0 aliphatic carbocycles. The lowest BCUT2D eigenvalue weighted by Crippen LogP contribution is -2.36. The van der Waals surface area contributed by atoms with Crippen molar-refractivity contribution in [2.24, 2.45) is 0 Å². The zero-order valence-corrected chi connectivity index (χ0v) is 15.6. The van der Waals surface area contributed by atoms with Crippen LogP contribution in [0.1, 0.15) is 31.7 Å². The van der Waals surface area contributed by atoms with Crippen molar-refractivity contribution < 1.29 is 19.0 Å². The fraction of sp³-hybridized carbons (Fsp3) is 0.474. The van der Waals surface area contributed by atoms with Crippen LogP contribution in [-0.2, 0) is 16.1 Å². The molecule has 146 valence electrons. The van der Waals surface area contributed by atoms with Crippen LogP contribution in [0.25, 0.3) is 16.6 Å². The summed E-state index contributed by atoms with van der Waals surface area (Å²) < 4.78 is 18.4. The van der Waals surface area contributed by atoms with E-state index < -0.39 is 0 Å². The highest BCUT2D eigenvalue weighted by atomic mass is 16.7. The number of ether oxygens (including phenoxy) is 3. The summed E-state index contributed by atoms with van der Waals surface area (Å²) in [6, 6.07) is 5.83. The van der Waals surface area contributed by atoms with Gasteiger partial charge in [0.25, 0.3) is 0 Å². The van der Waals surface area contributed by atoms with Crippen molar-refractivity contribution in [3.05, 3.63) is 23.8 Å². The van der Waals surface area contributed by atoms with E-state index in [1.54, 1.807) is 4.52 Å². The van der Waals surface area contributed by atoms with Crippen molar-refractivity contribution in [3.8, 4) is 11.5 Å². The fourth-order valence-electron chi connectivity index (χ4n) is 3.88. The van der Waals surface area contributed by atoms with Crippen LogP contribution in [0.3, 0.4) is 0 Å². The van der Waals surface area contributed by atoms with Crippen LogP contribution >= 0.6 is 0 Å². The van der Waals surface area contributed by atoms with Crippen LogP contribution in [0.15, 0.2) is 18.2 Å². The Bertz CT molecular complexity index is 1040. The summed E-state index contributed by atoms with van der Waals surface area (Å²) in [5.41, 5.74) is 2.35. The molecule has 2 aliphatic heterocycles. The van der Waals surface area contributed by atoms with Gasteiger partial charge in [-0.05, 0) is 35.4 Å². The standard InChI is InChI=1S/C19H21N5O4/c1-2-18(25)23(10-14-4-3-5-26-14)9-13-6-12-7-16-17(28-11-27-16)8-15(12)24-19(13)20-21-22-24/h6-8,14H,2-5,9-11H2,1H3/t14-/m1/s1. The maximum atomic E-state index is 12.6. The SMILES string of the molecule is CCC(=O)N(Cc1cc2cc3c(cc2n2nnnc12)OCO3)C[C@H]1CCCO1.